The summed E-state index contributed by atoms with van der Waals surface area (Å²) in [6, 6.07) is 10.3. The molecule has 1 aromatic carbocycles. The number of aromatic nitrogens is 1. The predicted molar refractivity (Wildman–Crippen MR) is 94.2 cm³/mol. The molecule has 0 aliphatic heterocycles. The minimum absolute atomic E-state index is 0.0189. The summed E-state index contributed by atoms with van der Waals surface area (Å²) in [5.41, 5.74) is 2.45. The summed E-state index contributed by atoms with van der Waals surface area (Å²) in [5.74, 6) is -0.207. The van der Waals surface area contributed by atoms with Gasteiger partial charge in [-0.25, -0.2) is 0 Å². The number of methoxy groups -OCH3 is 1. The summed E-state index contributed by atoms with van der Waals surface area (Å²) in [6.07, 6.45) is 8.98. The Morgan fingerprint density at radius 1 is 1.32 bits per heavy atom. The van der Waals surface area contributed by atoms with E-state index in [4.69, 9.17) is 4.74 Å². The monoisotopic (exact) mass is 338 g/mol. The second kappa shape index (κ2) is 7.17. The third-order valence-electron chi connectivity index (χ3n) is 4.24. The van der Waals surface area contributed by atoms with Gasteiger partial charge in [0.15, 0.2) is 0 Å². The molecule has 128 valence electrons. The second-order valence-corrected chi connectivity index (χ2v) is 5.77. The fraction of sp³-hybridized carbons (Fsp3) is 0.211. The summed E-state index contributed by atoms with van der Waals surface area (Å²) < 4.78 is 6.69. The number of carbonyl (C=O) groups is 1. The number of hydrogen-bond acceptors (Lipinski definition) is 4. The number of hydrogen-bond donors (Lipinski definition) is 0. The molecule has 0 spiro atoms. The molecule has 6 heteroatoms. The number of nitrogens with zero attached hydrogens (tertiary/aromatic N) is 2. The van der Waals surface area contributed by atoms with Crippen LogP contribution in [0.2, 0.25) is 0 Å². The van der Waals surface area contributed by atoms with Gasteiger partial charge in [-0.2, -0.15) is 0 Å². The molecule has 1 heterocycles. The molecular weight excluding hydrogens is 320 g/mol. The number of rotatable bonds is 5. The number of nitro groups is 1. The summed E-state index contributed by atoms with van der Waals surface area (Å²) in [7, 11) is 1.35. The Morgan fingerprint density at radius 2 is 2.16 bits per heavy atom. The van der Waals surface area contributed by atoms with Crippen LogP contribution in [0.25, 0.3) is 11.3 Å². The van der Waals surface area contributed by atoms with Crippen LogP contribution in [0.1, 0.15) is 18.0 Å². The van der Waals surface area contributed by atoms with Crippen LogP contribution in [-0.2, 0) is 16.1 Å². The quantitative estimate of drug-likeness (QED) is 0.472. The van der Waals surface area contributed by atoms with E-state index in [-0.39, 0.29) is 24.1 Å². The first-order chi connectivity index (χ1) is 12.1. The van der Waals surface area contributed by atoms with Crippen LogP contribution in [0, 0.1) is 10.1 Å². The average Bonchev–Trinajstić information content (AvgIpc) is 3.05. The minimum Gasteiger partial charge on any atom is -0.468 e. The van der Waals surface area contributed by atoms with Crippen molar-refractivity contribution in [2.24, 2.45) is 0 Å². The smallest absolute Gasteiger partial charge is 0.325 e. The van der Waals surface area contributed by atoms with Crippen LogP contribution in [0.4, 0.5) is 5.69 Å². The number of ether oxygens (including phenoxy) is 1. The van der Waals surface area contributed by atoms with Crippen LogP contribution >= 0.6 is 0 Å². The van der Waals surface area contributed by atoms with Gasteiger partial charge in [0.1, 0.15) is 6.54 Å². The van der Waals surface area contributed by atoms with Crippen LogP contribution in [-0.4, -0.2) is 22.6 Å². The van der Waals surface area contributed by atoms with Crippen molar-refractivity contribution in [1.82, 2.24) is 4.57 Å². The molecule has 1 aliphatic rings. The molecule has 0 saturated heterocycles. The van der Waals surface area contributed by atoms with Crippen molar-refractivity contribution in [3.63, 3.8) is 0 Å². The molecule has 0 saturated carbocycles. The van der Waals surface area contributed by atoms with Gasteiger partial charge in [0.05, 0.1) is 12.0 Å². The van der Waals surface area contributed by atoms with Gasteiger partial charge in [-0.1, -0.05) is 36.4 Å². The summed E-state index contributed by atoms with van der Waals surface area (Å²) in [6.45, 7) is 0.0604. The van der Waals surface area contributed by atoms with Crippen molar-refractivity contribution in [1.29, 1.82) is 0 Å². The molecule has 0 N–H and O–H groups in total. The molecule has 0 radical (unpaired) electrons. The van der Waals surface area contributed by atoms with Crippen molar-refractivity contribution >= 4 is 11.7 Å². The maximum absolute atomic E-state index is 11.9. The second-order valence-electron chi connectivity index (χ2n) is 5.77. The summed E-state index contributed by atoms with van der Waals surface area (Å²) >= 11 is 0. The van der Waals surface area contributed by atoms with Crippen molar-refractivity contribution in [2.45, 2.75) is 18.9 Å². The maximum Gasteiger partial charge on any atom is 0.325 e. The minimum atomic E-state index is -0.424. The Bertz CT molecular complexity index is 864. The number of esters is 1. The van der Waals surface area contributed by atoms with E-state index < -0.39 is 4.92 Å². The van der Waals surface area contributed by atoms with Gasteiger partial charge in [-0.05, 0) is 18.6 Å². The average molecular weight is 338 g/mol. The lowest BCUT2D eigenvalue weighted by Crippen LogP contribution is -2.16. The van der Waals surface area contributed by atoms with Gasteiger partial charge in [-0.15, -0.1) is 0 Å². The van der Waals surface area contributed by atoms with E-state index in [2.05, 4.69) is 12.2 Å². The first-order valence-corrected chi connectivity index (χ1v) is 7.94. The van der Waals surface area contributed by atoms with Gasteiger partial charge < -0.3 is 9.30 Å². The van der Waals surface area contributed by atoms with Crippen LogP contribution in [0.5, 0.6) is 0 Å². The van der Waals surface area contributed by atoms with Gasteiger partial charge in [-0.3, -0.25) is 14.9 Å². The van der Waals surface area contributed by atoms with Crippen LogP contribution < -0.4 is 0 Å². The third kappa shape index (κ3) is 3.52. The number of non-ortho nitro benzene ring substituents is 1. The normalized spacial score (nSPS) is 16.0. The molecule has 1 atom stereocenters. The molecule has 1 unspecified atom stereocenters. The van der Waals surface area contributed by atoms with Crippen LogP contribution in [0.15, 0.2) is 60.7 Å². The van der Waals surface area contributed by atoms with E-state index in [0.29, 0.717) is 5.56 Å². The zero-order chi connectivity index (χ0) is 17.8. The lowest BCUT2D eigenvalue weighted by molar-refractivity contribution is -0.384. The Morgan fingerprint density at radius 3 is 2.84 bits per heavy atom. The topological polar surface area (TPSA) is 74.4 Å². The molecule has 1 aliphatic carbocycles. The Balaban J connectivity index is 2.06. The lowest BCUT2D eigenvalue weighted by atomic mass is 9.97. The summed E-state index contributed by atoms with van der Waals surface area (Å²) in [4.78, 5) is 22.5. The zero-order valence-corrected chi connectivity index (χ0v) is 13.8. The van der Waals surface area contributed by atoms with Crippen molar-refractivity contribution in [2.75, 3.05) is 7.11 Å². The number of allylic oxidation sites excluding steroid dienone is 4. The van der Waals surface area contributed by atoms with Gasteiger partial charge in [0.25, 0.3) is 5.69 Å². The van der Waals surface area contributed by atoms with Gasteiger partial charge in [0, 0.05) is 35.0 Å². The van der Waals surface area contributed by atoms with E-state index in [0.717, 1.165) is 17.8 Å². The first-order valence-electron chi connectivity index (χ1n) is 7.94. The highest BCUT2D eigenvalue weighted by atomic mass is 16.6. The number of carbonyl (C=O) groups excluding carboxylic acids is 1. The van der Waals surface area contributed by atoms with Crippen molar-refractivity contribution in [3.8, 4) is 11.3 Å². The predicted octanol–water partition coefficient (Wildman–Crippen LogP) is 3.84. The summed E-state index contributed by atoms with van der Waals surface area (Å²) in [5, 5.41) is 11.1. The first kappa shape index (κ1) is 16.7. The molecule has 25 heavy (non-hydrogen) atoms. The van der Waals surface area contributed by atoms with E-state index >= 15 is 0 Å². The zero-order valence-electron chi connectivity index (χ0n) is 13.8. The SMILES string of the molecule is COC(=O)Cn1c(-c2cccc([N+](=O)[O-])c2)ccc1C1C=CC=CC1. The van der Waals surface area contributed by atoms with Gasteiger partial charge >= 0.3 is 5.97 Å². The molecule has 6 nitrogen and oxygen atoms in total. The highest BCUT2D eigenvalue weighted by molar-refractivity contribution is 5.72. The fourth-order valence-electron chi connectivity index (χ4n) is 3.01. The van der Waals surface area contributed by atoms with Gasteiger partial charge in [0.2, 0.25) is 0 Å². The molecule has 3 rings (SSSR count). The molecule has 0 amide bonds. The maximum atomic E-state index is 11.9. The van der Waals surface area contributed by atoms with E-state index in [1.807, 2.05) is 28.9 Å². The lowest BCUT2D eigenvalue weighted by Gasteiger charge is -2.18. The van der Waals surface area contributed by atoms with E-state index in [1.165, 1.54) is 19.2 Å². The Labute approximate surface area is 145 Å². The molecule has 1 aromatic heterocycles. The number of nitro benzene ring substituents is 1. The molecule has 2 aromatic rings. The van der Waals surface area contributed by atoms with Crippen LogP contribution in [0.3, 0.4) is 0 Å². The van der Waals surface area contributed by atoms with E-state index in [9.17, 15) is 14.9 Å². The fourth-order valence-corrected chi connectivity index (χ4v) is 3.01. The number of benzene rings is 1. The molecular formula is C19H18N2O4. The Hall–Kier alpha value is -3.15. The molecule has 0 bridgehead atoms. The third-order valence-corrected chi connectivity index (χ3v) is 4.24. The highest BCUT2D eigenvalue weighted by Gasteiger charge is 2.20. The van der Waals surface area contributed by atoms with Crippen molar-refractivity contribution in [3.05, 3.63) is 76.5 Å². The van der Waals surface area contributed by atoms with E-state index in [1.54, 1.807) is 12.1 Å². The largest absolute Gasteiger partial charge is 0.468 e. The standard InChI is InChI=1S/C19H18N2O4/c1-25-19(22)13-20-17(14-6-3-2-4-7-14)10-11-18(20)15-8-5-9-16(12-15)21(23)24/h2-6,8-12,14H,7,13H2,1H3. The molecule has 0 fully saturated rings. The highest BCUT2D eigenvalue weighted by Crippen LogP contribution is 2.32. The van der Waals surface area contributed by atoms with Crippen molar-refractivity contribution < 1.29 is 14.5 Å². The Kier molecular flexibility index (Phi) is 4.79.